The van der Waals surface area contributed by atoms with Gasteiger partial charge in [-0.1, -0.05) is 97.9 Å². The van der Waals surface area contributed by atoms with E-state index in [1.54, 1.807) is 4.90 Å². The minimum absolute atomic E-state index is 0.0113. The second-order valence-electron chi connectivity index (χ2n) is 8.37. The van der Waals surface area contributed by atoms with Crippen molar-refractivity contribution in [2.75, 3.05) is 13.1 Å². The van der Waals surface area contributed by atoms with Gasteiger partial charge in [-0.3, -0.25) is 9.59 Å². The normalized spacial score (nSPS) is 11.7. The lowest BCUT2D eigenvalue weighted by Gasteiger charge is -2.30. The van der Waals surface area contributed by atoms with Crippen molar-refractivity contribution in [3.63, 3.8) is 0 Å². The Morgan fingerprint density at radius 3 is 1.85 bits per heavy atom. The van der Waals surface area contributed by atoms with Gasteiger partial charge in [0.2, 0.25) is 11.8 Å². The van der Waals surface area contributed by atoms with Crippen LogP contribution in [0.15, 0.2) is 91.0 Å². The maximum absolute atomic E-state index is 13.7. The lowest BCUT2D eigenvalue weighted by Crippen LogP contribution is -2.49. The first-order valence-electron chi connectivity index (χ1n) is 11.8. The number of benzene rings is 3. The SMILES string of the molecule is CCCNC(=O)[C@@H](C)N(CCc1ccccc1)C(=O)CC(c1ccccc1)c1ccccc1. The highest BCUT2D eigenvalue weighted by Gasteiger charge is 2.28. The maximum atomic E-state index is 13.7. The van der Waals surface area contributed by atoms with Crippen molar-refractivity contribution in [1.29, 1.82) is 0 Å². The number of nitrogens with one attached hydrogen (secondary N) is 1. The van der Waals surface area contributed by atoms with Gasteiger partial charge in [-0.2, -0.15) is 0 Å². The molecule has 0 aromatic heterocycles. The van der Waals surface area contributed by atoms with Crippen LogP contribution in [0, 0.1) is 0 Å². The Kier molecular flexibility index (Phi) is 9.25. The highest BCUT2D eigenvalue weighted by molar-refractivity contribution is 5.87. The van der Waals surface area contributed by atoms with Crippen LogP contribution in [0.4, 0.5) is 0 Å². The molecule has 0 unspecified atom stereocenters. The summed E-state index contributed by atoms with van der Waals surface area (Å²) in [4.78, 5) is 28.2. The van der Waals surface area contributed by atoms with Crippen LogP contribution >= 0.6 is 0 Å². The van der Waals surface area contributed by atoms with Crippen LogP contribution in [0.5, 0.6) is 0 Å². The highest BCUT2D eigenvalue weighted by atomic mass is 16.2. The molecule has 33 heavy (non-hydrogen) atoms. The summed E-state index contributed by atoms with van der Waals surface area (Å²) in [6.07, 6.45) is 1.88. The molecule has 1 N–H and O–H groups in total. The molecule has 0 aliphatic rings. The van der Waals surface area contributed by atoms with Crippen molar-refractivity contribution < 1.29 is 9.59 Å². The van der Waals surface area contributed by atoms with Gasteiger partial charge < -0.3 is 10.2 Å². The molecule has 0 bridgehead atoms. The number of hydrogen-bond donors (Lipinski definition) is 1. The average molecular weight is 443 g/mol. The quantitative estimate of drug-likeness (QED) is 0.444. The molecular formula is C29H34N2O2. The van der Waals surface area contributed by atoms with E-state index in [9.17, 15) is 9.59 Å². The van der Waals surface area contributed by atoms with Gasteiger partial charge in [0, 0.05) is 25.4 Å². The summed E-state index contributed by atoms with van der Waals surface area (Å²) in [7, 11) is 0. The van der Waals surface area contributed by atoms with Crippen LogP contribution in [-0.4, -0.2) is 35.8 Å². The fraction of sp³-hybridized carbons (Fsp3) is 0.310. The van der Waals surface area contributed by atoms with E-state index in [1.807, 2.05) is 68.4 Å². The molecule has 3 rings (SSSR count). The van der Waals surface area contributed by atoms with E-state index < -0.39 is 6.04 Å². The number of nitrogens with zero attached hydrogens (tertiary/aromatic N) is 1. The van der Waals surface area contributed by atoms with Crippen LogP contribution < -0.4 is 5.32 Å². The zero-order chi connectivity index (χ0) is 23.5. The predicted octanol–water partition coefficient (Wildman–Crippen LogP) is 5.19. The van der Waals surface area contributed by atoms with E-state index in [2.05, 4.69) is 41.7 Å². The zero-order valence-electron chi connectivity index (χ0n) is 19.6. The van der Waals surface area contributed by atoms with E-state index in [4.69, 9.17) is 0 Å². The molecule has 0 aliphatic heterocycles. The molecule has 3 aromatic rings. The van der Waals surface area contributed by atoms with Gasteiger partial charge in [-0.15, -0.1) is 0 Å². The van der Waals surface area contributed by atoms with Gasteiger partial charge in [0.15, 0.2) is 0 Å². The van der Waals surface area contributed by atoms with Crippen molar-refractivity contribution in [3.8, 4) is 0 Å². The van der Waals surface area contributed by atoms with E-state index >= 15 is 0 Å². The number of rotatable bonds is 11. The van der Waals surface area contributed by atoms with E-state index in [0.717, 1.165) is 23.1 Å². The minimum atomic E-state index is -0.528. The third-order valence-electron chi connectivity index (χ3n) is 5.98. The number of carbonyl (C=O) groups excluding carboxylic acids is 2. The predicted molar refractivity (Wildman–Crippen MR) is 134 cm³/mol. The molecule has 172 valence electrons. The molecule has 0 heterocycles. The maximum Gasteiger partial charge on any atom is 0.242 e. The van der Waals surface area contributed by atoms with Crippen LogP contribution in [-0.2, 0) is 16.0 Å². The second kappa shape index (κ2) is 12.6. The summed E-state index contributed by atoms with van der Waals surface area (Å²) < 4.78 is 0. The van der Waals surface area contributed by atoms with Crippen molar-refractivity contribution in [2.45, 2.75) is 45.1 Å². The van der Waals surface area contributed by atoms with Crippen molar-refractivity contribution in [1.82, 2.24) is 10.2 Å². The smallest absolute Gasteiger partial charge is 0.242 e. The van der Waals surface area contributed by atoms with Crippen LogP contribution in [0.2, 0.25) is 0 Å². The Bertz CT molecular complexity index is 950. The molecule has 0 spiro atoms. The Labute approximate surface area is 197 Å². The highest BCUT2D eigenvalue weighted by Crippen LogP contribution is 2.29. The van der Waals surface area contributed by atoms with Gasteiger partial charge in [0.25, 0.3) is 0 Å². The van der Waals surface area contributed by atoms with Crippen LogP contribution in [0.1, 0.15) is 49.3 Å². The Hall–Kier alpha value is -3.40. The summed E-state index contributed by atoms with van der Waals surface area (Å²) >= 11 is 0. The fourth-order valence-corrected chi connectivity index (χ4v) is 4.06. The Morgan fingerprint density at radius 1 is 0.818 bits per heavy atom. The lowest BCUT2D eigenvalue weighted by atomic mass is 9.88. The Balaban J connectivity index is 1.83. The van der Waals surface area contributed by atoms with E-state index in [-0.39, 0.29) is 17.7 Å². The first-order valence-corrected chi connectivity index (χ1v) is 11.8. The summed E-state index contributed by atoms with van der Waals surface area (Å²) in [5.74, 6) is -0.179. The molecule has 4 nitrogen and oxygen atoms in total. The number of hydrogen-bond acceptors (Lipinski definition) is 2. The third kappa shape index (κ3) is 7.04. The van der Waals surface area contributed by atoms with Gasteiger partial charge in [-0.25, -0.2) is 0 Å². The average Bonchev–Trinajstić information content (AvgIpc) is 2.87. The third-order valence-corrected chi connectivity index (χ3v) is 5.98. The van der Waals surface area contributed by atoms with Gasteiger partial charge in [-0.05, 0) is 36.5 Å². The van der Waals surface area contributed by atoms with Crippen molar-refractivity contribution in [2.24, 2.45) is 0 Å². The molecule has 1 atom stereocenters. The van der Waals surface area contributed by atoms with Gasteiger partial charge in [0.05, 0.1) is 0 Å². The molecule has 0 fully saturated rings. The summed E-state index contributed by atoms with van der Waals surface area (Å²) in [5.41, 5.74) is 3.35. The lowest BCUT2D eigenvalue weighted by molar-refractivity contribution is -0.140. The van der Waals surface area contributed by atoms with Crippen molar-refractivity contribution >= 4 is 11.8 Å². The fourth-order valence-electron chi connectivity index (χ4n) is 4.06. The Morgan fingerprint density at radius 2 is 1.33 bits per heavy atom. The molecule has 3 aromatic carbocycles. The van der Waals surface area contributed by atoms with E-state index in [0.29, 0.717) is 25.9 Å². The minimum Gasteiger partial charge on any atom is -0.354 e. The van der Waals surface area contributed by atoms with Gasteiger partial charge in [0.1, 0.15) is 6.04 Å². The largest absolute Gasteiger partial charge is 0.354 e. The molecule has 2 amide bonds. The standard InChI is InChI=1S/C29H34N2O2/c1-3-20-30-29(33)23(2)31(21-19-24-13-7-4-8-14-24)28(32)22-27(25-15-9-5-10-16-25)26-17-11-6-12-18-26/h4-18,23,27H,3,19-22H2,1-2H3,(H,30,33)/t23-/m1/s1. The molecule has 0 saturated carbocycles. The molecular weight excluding hydrogens is 408 g/mol. The topological polar surface area (TPSA) is 49.4 Å². The molecule has 4 heteroatoms. The monoisotopic (exact) mass is 442 g/mol. The molecule has 0 radical (unpaired) electrons. The number of amides is 2. The molecule has 0 saturated heterocycles. The van der Waals surface area contributed by atoms with E-state index in [1.165, 1.54) is 0 Å². The summed E-state index contributed by atoms with van der Waals surface area (Å²) in [5, 5.41) is 2.95. The van der Waals surface area contributed by atoms with Crippen molar-refractivity contribution in [3.05, 3.63) is 108 Å². The van der Waals surface area contributed by atoms with Crippen LogP contribution in [0.25, 0.3) is 0 Å². The summed E-state index contributed by atoms with van der Waals surface area (Å²) in [6.45, 7) is 4.96. The first kappa shape index (κ1) is 24.2. The second-order valence-corrected chi connectivity index (χ2v) is 8.37. The zero-order valence-corrected chi connectivity index (χ0v) is 19.6. The summed E-state index contributed by atoms with van der Waals surface area (Å²) in [6, 6.07) is 29.8. The van der Waals surface area contributed by atoms with Crippen LogP contribution in [0.3, 0.4) is 0 Å². The van der Waals surface area contributed by atoms with Gasteiger partial charge >= 0.3 is 0 Å². The first-order chi connectivity index (χ1) is 16.1. The number of carbonyl (C=O) groups is 2. The molecule has 0 aliphatic carbocycles.